The van der Waals surface area contributed by atoms with Crippen molar-refractivity contribution in [3.8, 4) is 0 Å². The zero-order valence-electron chi connectivity index (χ0n) is 29.8. The molecule has 0 aliphatic heterocycles. The summed E-state index contributed by atoms with van der Waals surface area (Å²) in [4.78, 5) is 0. The van der Waals surface area contributed by atoms with Gasteiger partial charge in [0, 0.05) is 6.61 Å². The maximum Gasteiger partial charge on any atom is 0.102 e. The molecule has 0 aliphatic carbocycles. The van der Waals surface area contributed by atoms with Crippen LogP contribution in [0.4, 0.5) is 0 Å². The first-order valence-corrected chi connectivity index (χ1v) is 19.3. The molecule has 0 saturated carbocycles. The van der Waals surface area contributed by atoms with E-state index in [9.17, 15) is 0 Å². The Morgan fingerprint density at radius 2 is 0.690 bits per heavy atom. The fourth-order valence-electron chi connectivity index (χ4n) is 5.76. The molecule has 250 valence electrons. The van der Waals surface area contributed by atoms with Crippen LogP contribution in [0.25, 0.3) is 0 Å². The molecule has 0 fully saturated rings. The Bertz CT molecular complexity index is 552. The van der Waals surface area contributed by atoms with E-state index in [-0.39, 0.29) is 0 Å². The lowest BCUT2D eigenvalue weighted by Gasteiger charge is -2.29. The van der Waals surface area contributed by atoms with E-state index in [0.717, 1.165) is 24.2 Å². The highest BCUT2D eigenvalue weighted by molar-refractivity contribution is 4.82. The van der Waals surface area contributed by atoms with Crippen LogP contribution >= 0.6 is 0 Å². The van der Waals surface area contributed by atoms with Crippen LogP contribution in [-0.4, -0.2) is 44.9 Å². The molecule has 0 spiro atoms. The summed E-state index contributed by atoms with van der Waals surface area (Å²) in [5, 5.41) is 0. The summed E-state index contributed by atoms with van der Waals surface area (Å²) in [5.41, 5.74) is 0. The molecular weight excluding hydrogens is 510 g/mol. The lowest BCUT2D eigenvalue weighted by Crippen LogP contribution is -2.43. The molecule has 42 heavy (non-hydrogen) atoms. The van der Waals surface area contributed by atoms with Gasteiger partial charge in [0.25, 0.3) is 0 Å². The lowest BCUT2D eigenvalue weighted by molar-refractivity contribution is -0.891. The number of quaternary nitrogens is 1. The van der Waals surface area contributed by atoms with Crippen LogP contribution in [-0.2, 0) is 4.74 Å². The number of unbranched alkanes of at least 4 members (excludes halogenated alkanes) is 24. The van der Waals surface area contributed by atoms with Crippen molar-refractivity contribution in [3.63, 3.8) is 0 Å². The van der Waals surface area contributed by atoms with Gasteiger partial charge in [0.1, 0.15) is 6.54 Å². The van der Waals surface area contributed by atoms with Crippen molar-refractivity contribution in [1.29, 1.82) is 0 Å². The number of likely N-dealkylation sites (N-methyl/N-ethyl adjacent to an activating group) is 1. The maximum atomic E-state index is 5.99. The van der Waals surface area contributed by atoms with Gasteiger partial charge in [-0.05, 0) is 70.6 Å². The lowest BCUT2D eigenvalue weighted by atomic mass is 10.1. The van der Waals surface area contributed by atoms with Crippen LogP contribution in [0.15, 0.2) is 24.3 Å². The van der Waals surface area contributed by atoms with E-state index in [1.165, 1.54) is 186 Å². The Morgan fingerprint density at radius 1 is 0.357 bits per heavy atom. The maximum absolute atomic E-state index is 5.99. The summed E-state index contributed by atoms with van der Waals surface area (Å²) in [7, 11) is 4.76. The Labute approximate surface area is 267 Å². The quantitative estimate of drug-likeness (QED) is 0.0405. The molecule has 2 nitrogen and oxygen atoms in total. The van der Waals surface area contributed by atoms with Crippen LogP contribution in [0.3, 0.4) is 0 Å². The van der Waals surface area contributed by atoms with Crippen LogP contribution in [0, 0.1) is 0 Å². The molecular formula is C40H80NO+. The third-order valence-electron chi connectivity index (χ3n) is 8.92. The van der Waals surface area contributed by atoms with Crippen LogP contribution in [0.5, 0.6) is 0 Å². The monoisotopic (exact) mass is 591 g/mol. The van der Waals surface area contributed by atoms with Gasteiger partial charge in [0.15, 0.2) is 0 Å². The minimum absolute atomic E-state index is 0.921. The van der Waals surface area contributed by atoms with E-state index in [4.69, 9.17) is 4.74 Å². The Balaban J connectivity index is 3.33. The predicted octanol–water partition coefficient (Wildman–Crippen LogP) is 13.2. The van der Waals surface area contributed by atoms with E-state index in [2.05, 4.69) is 52.2 Å². The van der Waals surface area contributed by atoms with Gasteiger partial charge < -0.3 is 9.22 Å². The van der Waals surface area contributed by atoms with Gasteiger partial charge in [-0.25, -0.2) is 0 Å². The fraction of sp³-hybridized carbons (Fsp3) is 0.900. The van der Waals surface area contributed by atoms with Crippen molar-refractivity contribution in [3.05, 3.63) is 24.3 Å². The average Bonchev–Trinajstić information content (AvgIpc) is 2.98. The molecule has 0 aromatic heterocycles. The fourth-order valence-corrected chi connectivity index (χ4v) is 5.76. The minimum atomic E-state index is 0.921. The largest absolute Gasteiger partial charge is 0.376 e. The normalized spacial score (nSPS) is 12.4. The summed E-state index contributed by atoms with van der Waals surface area (Å²) in [5.74, 6) is 0. The Hall–Kier alpha value is -0.600. The van der Waals surface area contributed by atoms with Gasteiger partial charge in [0.2, 0.25) is 0 Å². The minimum Gasteiger partial charge on any atom is -0.376 e. The number of hydrogen-bond acceptors (Lipinski definition) is 1. The summed E-state index contributed by atoms with van der Waals surface area (Å²) in [6.45, 7) is 8.90. The molecule has 2 heteroatoms. The van der Waals surface area contributed by atoms with Crippen molar-refractivity contribution in [2.24, 2.45) is 0 Å². The van der Waals surface area contributed by atoms with Gasteiger partial charge in [-0.3, -0.25) is 0 Å². The summed E-state index contributed by atoms with van der Waals surface area (Å²) in [6, 6.07) is 0. The van der Waals surface area contributed by atoms with Gasteiger partial charge in [-0.1, -0.05) is 147 Å². The third kappa shape index (κ3) is 35.6. The van der Waals surface area contributed by atoms with Crippen LogP contribution in [0.2, 0.25) is 0 Å². The molecule has 0 atom stereocenters. The standard InChI is InChI=1S/C40H80NO/c1-5-7-9-11-13-15-17-19-21-23-25-27-29-31-33-35-37-41(3,4)38-40-42-39-36-34-32-30-28-26-24-22-20-18-16-14-12-10-8-6-2/h19-22H,5-18,23-40H2,1-4H3/q+1/b21-19-,22-20-. The van der Waals surface area contributed by atoms with E-state index in [1.54, 1.807) is 0 Å². The molecule has 0 amide bonds. The number of allylic oxidation sites excluding steroid dienone is 4. The second kappa shape index (κ2) is 34.9. The number of ether oxygens (including phenoxy) is 1. The average molecular weight is 591 g/mol. The van der Waals surface area contributed by atoms with E-state index in [1.807, 2.05) is 0 Å². The second-order valence-corrected chi connectivity index (χ2v) is 13.9. The molecule has 0 aromatic carbocycles. The van der Waals surface area contributed by atoms with Crippen molar-refractivity contribution in [1.82, 2.24) is 0 Å². The first-order chi connectivity index (χ1) is 20.6. The molecule has 0 unspecified atom stereocenters. The highest BCUT2D eigenvalue weighted by Gasteiger charge is 2.13. The smallest absolute Gasteiger partial charge is 0.102 e. The topological polar surface area (TPSA) is 9.23 Å². The summed E-state index contributed by atoms with van der Waals surface area (Å²) >= 11 is 0. The van der Waals surface area contributed by atoms with Crippen molar-refractivity contribution < 1.29 is 9.22 Å². The molecule has 0 aromatic rings. The third-order valence-corrected chi connectivity index (χ3v) is 8.92. The molecule has 0 heterocycles. The van der Waals surface area contributed by atoms with E-state index >= 15 is 0 Å². The van der Waals surface area contributed by atoms with E-state index in [0.29, 0.717) is 0 Å². The zero-order chi connectivity index (χ0) is 30.7. The highest BCUT2D eigenvalue weighted by atomic mass is 16.5. The summed E-state index contributed by atoms with van der Waals surface area (Å²) in [6.07, 6.45) is 48.2. The van der Waals surface area contributed by atoms with Gasteiger partial charge in [-0.15, -0.1) is 0 Å². The molecule has 0 radical (unpaired) electrons. The second-order valence-electron chi connectivity index (χ2n) is 13.9. The van der Waals surface area contributed by atoms with Gasteiger partial charge in [0.05, 0.1) is 27.2 Å². The summed E-state index contributed by atoms with van der Waals surface area (Å²) < 4.78 is 7.10. The first-order valence-electron chi connectivity index (χ1n) is 19.3. The molecule has 0 rings (SSSR count). The SMILES string of the molecule is CCCCCCCC/C=C\CCCCCCCCOCC[N+](C)(C)CCCCCCCC/C=C\CCCCCCCC. The zero-order valence-corrected chi connectivity index (χ0v) is 29.8. The van der Waals surface area contributed by atoms with E-state index < -0.39 is 0 Å². The molecule has 0 aliphatic rings. The molecule has 0 N–H and O–H groups in total. The Kier molecular flexibility index (Phi) is 34.4. The van der Waals surface area contributed by atoms with Crippen LogP contribution in [0.1, 0.15) is 194 Å². The van der Waals surface area contributed by atoms with Crippen molar-refractivity contribution >= 4 is 0 Å². The predicted molar refractivity (Wildman–Crippen MR) is 192 cm³/mol. The van der Waals surface area contributed by atoms with Gasteiger partial charge >= 0.3 is 0 Å². The van der Waals surface area contributed by atoms with Crippen molar-refractivity contribution in [2.75, 3.05) is 40.4 Å². The number of hydrogen-bond donors (Lipinski definition) is 0. The number of rotatable bonds is 35. The van der Waals surface area contributed by atoms with Gasteiger partial charge in [-0.2, -0.15) is 0 Å². The highest BCUT2D eigenvalue weighted by Crippen LogP contribution is 2.12. The van der Waals surface area contributed by atoms with Crippen LogP contribution < -0.4 is 0 Å². The van der Waals surface area contributed by atoms with Crippen molar-refractivity contribution in [2.45, 2.75) is 194 Å². The molecule has 0 saturated heterocycles. The molecule has 0 bridgehead atoms. The first kappa shape index (κ1) is 41.4. The number of nitrogens with zero attached hydrogens (tertiary/aromatic N) is 1. The Morgan fingerprint density at radius 3 is 1.10 bits per heavy atom.